The molecular formula is C16H13N3OS2. The van der Waals surface area contributed by atoms with Gasteiger partial charge in [-0.2, -0.15) is 0 Å². The van der Waals surface area contributed by atoms with Crippen molar-refractivity contribution in [2.24, 2.45) is 0 Å². The van der Waals surface area contributed by atoms with Crippen LogP contribution < -0.4 is 4.74 Å². The minimum atomic E-state index is 0.430. The van der Waals surface area contributed by atoms with Crippen molar-refractivity contribution in [3.8, 4) is 5.88 Å². The van der Waals surface area contributed by atoms with E-state index in [1.165, 1.54) is 15.1 Å². The summed E-state index contributed by atoms with van der Waals surface area (Å²) >= 11 is 3.33. The van der Waals surface area contributed by atoms with E-state index >= 15 is 0 Å². The number of rotatable bonds is 3. The van der Waals surface area contributed by atoms with E-state index in [4.69, 9.17) is 4.74 Å². The highest BCUT2D eigenvalue weighted by Crippen LogP contribution is 2.34. The summed E-state index contributed by atoms with van der Waals surface area (Å²) in [6.45, 7) is 4.61. The lowest BCUT2D eigenvalue weighted by atomic mass is 10.2. The summed E-state index contributed by atoms with van der Waals surface area (Å²) in [6, 6.07) is 8.12. The zero-order valence-electron chi connectivity index (χ0n) is 12.2. The van der Waals surface area contributed by atoms with Crippen molar-refractivity contribution in [3.05, 3.63) is 46.0 Å². The van der Waals surface area contributed by atoms with Crippen molar-refractivity contribution in [2.45, 2.75) is 20.5 Å². The van der Waals surface area contributed by atoms with Crippen LogP contribution in [-0.4, -0.2) is 15.0 Å². The maximum atomic E-state index is 5.93. The molecule has 4 rings (SSSR count). The topological polar surface area (TPSA) is 47.9 Å². The van der Waals surface area contributed by atoms with Crippen molar-refractivity contribution in [2.75, 3.05) is 0 Å². The van der Waals surface area contributed by atoms with Crippen LogP contribution in [0.15, 0.2) is 30.6 Å². The fourth-order valence-corrected chi connectivity index (χ4v) is 4.24. The van der Waals surface area contributed by atoms with Crippen LogP contribution in [0.5, 0.6) is 5.88 Å². The molecule has 6 heteroatoms. The molecular weight excluding hydrogens is 314 g/mol. The van der Waals surface area contributed by atoms with E-state index in [0.29, 0.717) is 12.5 Å². The van der Waals surface area contributed by atoms with Gasteiger partial charge in [0.15, 0.2) is 0 Å². The van der Waals surface area contributed by atoms with Gasteiger partial charge in [-0.15, -0.1) is 22.7 Å². The number of aryl methyl sites for hydroxylation is 2. The Labute approximate surface area is 135 Å². The van der Waals surface area contributed by atoms with Crippen molar-refractivity contribution < 1.29 is 4.74 Å². The first-order valence-corrected chi connectivity index (χ1v) is 8.53. The van der Waals surface area contributed by atoms with E-state index in [9.17, 15) is 0 Å². The van der Waals surface area contributed by atoms with Crippen molar-refractivity contribution in [1.29, 1.82) is 0 Å². The maximum absolute atomic E-state index is 5.93. The van der Waals surface area contributed by atoms with E-state index in [0.717, 1.165) is 20.7 Å². The Hall–Kier alpha value is -2.05. The van der Waals surface area contributed by atoms with E-state index in [1.807, 2.05) is 18.2 Å². The van der Waals surface area contributed by atoms with Gasteiger partial charge in [0.25, 0.3) is 0 Å². The lowest BCUT2D eigenvalue weighted by molar-refractivity contribution is 0.297. The summed E-state index contributed by atoms with van der Waals surface area (Å²) in [7, 11) is 0. The fraction of sp³-hybridized carbons (Fsp3) is 0.188. The highest BCUT2D eigenvalue weighted by molar-refractivity contribution is 7.19. The molecule has 0 fully saturated rings. The summed E-state index contributed by atoms with van der Waals surface area (Å²) in [4.78, 5) is 15.4. The zero-order chi connectivity index (χ0) is 15.1. The van der Waals surface area contributed by atoms with E-state index in [-0.39, 0.29) is 0 Å². The van der Waals surface area contributed by atoms with Crippen molar-refractivity contribution in [1.82, 2.24) is 15.0 Å². The molecule has 110 valence electrons. The summed E-state index contributed by atoms with van der Waals surface area (Å²) in [5.41, 5.74) is 2.21. The first-order valence-electron chi connectivity index (χ1n) is 6.90. The summed E-state index contributed by atoms with van der Waals surface area (Å²) in [5.74, 6) is 0.645. The molecule has 22 heavy (non-hydrogen) atoms. The monoisotopic (exact) mass is 327 g/mol. The second-order valence-corrected chi connectivity index (χ2v) is 7.32. The van der Waals surface area contributed by atoms with Crippen LogP contribution >= 0.6 is 22.7 Å². The van der Waals surface area contributed by atoms with Crippen LogP contribution in [0, 0.1) is 13.8 Å². The second-order valence-electron chi connectivity index (χ2n) is 5.01. The zero-order valence-corrected chi connectivity index (χ0v) is 13.8. The lowest BCUT2D eigenvalue weighted by Crippen LogP contribution is -1.98. The normalized spacial score (nSPS) is 11.4. The Bertz CT molecular complexity index is 941. The number of hydrogen-bond acceptors (Lipinski definition) is 6. The number of thiophene rings is 1. The minimum Gasteiger partial charge on any atom is -0.470 e. The number of benzene rings is 1. The third-order valence-corrected chi connectivity index (χ3v) is 5.73. The highest BCUT2D eigenvalue weighted by Gasteiger charge is 2.13. The van der Waals surface area contributed by atoms with Gasteiger partial charge < -0.3 is 4.74 Å². The van der Waals surface area contributed by atoms with E-state index in [1.54, 1.807) is 29.0 Å². The SMILES string of the molecule is Cc1sc2ncnc(OCc3nc4ccccc4s3)c2c1C. The average molecular weight is 327 g/mol. The Morgan fingerprint density at radius 2 is 1.95 bits per heavy atom. The minimum absolute atomic E-state index is 0.430. The molecule has 0 radical (unpaired) electrons. The largest absolute Gasteiger partial charge is 0.470 e. The van der Waals surface area contributed by atoms with Gasteiger partial charge in [0.05, 0.1) is 15.6 Å². The maximum Gasteiger partial charge on any atom is 0.226 e. The molecule has 0 amide bonds. The lowest BCUT2D eigenvalue weighted by Gasteiger charge is -2.04. The molecule has 1 aromatic carbocycles. The molecule has 3 aromatic heterocycles. The van der Waals surface area contributed by atoms with Crippen LogP contribution in [0.4, 0.5) is 0 Å². The van der Waals surface area contributed by atoms with Gasteiger partial charge in [-0.3, -0.25) is 0 Å². The van der Waals surface area contributed by atoms with Gasteiger partial charge in [-0.05, 0) is 31.5 Å². The van der Waals surface area contributed by atoms with Gasteiger partial charge in [0.1, 0.15) is 22.8 Å². The number of fused-ring (bicyclic) bond motifs is 2. The molecule has 3 heterocycles. The van der Waals surface area contributed by atoms with Gasteiger partial charge in [0.2, 0.25) is 5.88 Å². The third kappa shape index (κ3) is 2.24. The van der Waals surface area contributed by atoms with Crippen molar-refractivity contribution >= 4 is 43.1 Å². The molecule has 0 aliphatic carbocycles. The first-order chi connectivity index (χ1) is 10.7. The summed E-state index contributed by atoms with van der Waals surface area (Å²) < 4.78 is 7.11. The number of hydrogen-bond donors (Lipinski definition) is 0. The van der Waals surface area contributed by atoms with E-state index in [2.05, 4.69) is 34.9 Å². The number of para-hydroxylation sites is 1. The Morgan fingerprint density at radius 1 is 1.09 bits per heavy atom. The second kappa shape index (κ2) is 5.30. The van der Waals surface area contributed by atoms with Crippen LogP contribution in [0.3, 0.4) is 0 Å². The van der Waals surface area contributed by atoms with Crippen LogP contribution in [0.1, 0.15) is 15.4 Å². The predicted molar refractivity (Wildman–Crippen MR) is 90.8 cm³/mol. The molecule has 4 aromatic rings. The number of nitrogens with zero attached hydrogens (tertiary/aromatic N) is 3. The molecule has 0 bridgehead atoms. The average Bonchev–Trinajstić information content (AvgIpc) is 3.07. The molecule has 0 atom stereocenters. The van der Waals surface area contributed by atoms with Crippen LogP contribution in [-0.2, 0) is 6.61 Å². The summed E-state index contributed by atoms with van der Waals surface area (Å²) in [5, 5.41) is 1.98. The molecule has 4 nitrogen and oxygen atoms in total. The number of ether oxygens (including phenoxy) is 1. The standard InChI is InChI=1S/C16H13N3OS2/c1-9-10(2)21-16-14(9)15(17-8-18-16)20-7-13-19-11-5-3-4-6-12(11)22-13/h3-6,8H,7H2,1-2H3. The molecule has 0 saturated carbocycles. The Kier molecular flexibility index (Phi) is 3.28. The number of thiazole rings is 1. The van der Waals surface area contributed by atoms with Crippen molar-refractivity contribution in [3.63, 3.8) is 0 Å². The quantitative estimate of drug-likeness (QED) is 0.556. The highest BCUT2D eigenvalue weighted by atomic mass is 32.1. The molecule has 0 N–H and O–H groups in total. The van der Waals surface area contributed by atoms with Gasteiger partial charge in [0, 0.05) is 4.88 Å². The smallest absolute Gasteiger partial charge is 0.226 e. The van der Waals surface area contributed by atoms with Gasteiger partial charge in [-0.1, -0.05) is 12.1 Å². The fourth-order valence-electron chi connectivity index (χ4n) is 2.37. The molecule has 0 unspecified atom stereocenters. The number of aromatic nitrogens is 3. The van der Waals surface area contributed by atoms with Gasteiger partial charge >= 0.3 is 0 Å². The van der Waals surface area contributed by atoms with E-state index < -0.39 is 0 Å². The Morgan fingerprint density at radius 3 is 2.82 bits per heavy atom. The molecule has 0 spiro atoms. The first kappa shape index (κ1) is 13.6. The predicted octanol–water partition coefficient (Wildman–Crippen LogP) is 4.50. The van der Waals surface area contributed by atoms with Crippen LogP contribution in [0.2, 0.25) is 0 Å². The Balaban J connectivity index is 1.66. The molecule has 0 saturated heterocycles. The van der Waals surface area contributed by atoms with Crippen LogP contribution in [0.25, 0.3) is 20.4 Å². The third-order valence-electron chi connectivity index (χ3n) is 3.60. The molecule has 0 aliphatic rings. The molecule has 0 aliphatic heterocycles. The van der Waals surface area contributed by atoms with Gasteiger partial charge in [-0.25, -0.2) is 15.0 Å². The summed E-state index contributed by atoms with van der Waals surface area (Å²) in [6.07, 6.45) is 1.56.